The van der Waals surface area contributed by atoms with Gasteiger partial charge in [-0.05, 0) is 116 Å². The van der Waals surface area contributed by atoms with Gasteiger partial charge in [-0.25, -0.2) is 0 Å². The van der Waals surface area contributed by atoms with E-state index >= 15 is 0 Å². The Labute approximate surface area is 302 Å². The van der Waals surface area contributed by atoms with E-state index in [2.05, 4.69) is 54.5 Å². The van der Waals surface area contributed by atoms with Gasteiger partial charge in [-0.3, -0.25) is 9.59 Å². The van der Waals surface area contributed by atoms with Gasteiger partial charge in [0, 0.05) is 36.3 Å². The minimum Gasteiger partial charge on any atom is -0.550 e. The Hall–Kier alpha value is -0.0536. The molecule has 1 aliphatic heterocycles. The van der Waals surface area contributed by atoms with Crippen LogP contribution in [0.25, 0.3) is 0 Å². The molecule has 6 aliphatic rings. The number of carbonyl (C=O) groups is 3. The maximum absolute atomic E-state index is 14.5. The molecule has 5 fully saturated rings. The molecule has 43 heavy (non-hydrogen) atoms. The Morgan fingerprint density at radius 3 is 2.14 bits per heavy atom. The van der Waals surface area contributed by atoms with Crippen molar-refractivity contribution in [1.29, 1.82) is 0 Å². The number of hydrogen-bond acceptors (Lipinski definition) is 5. The average Bonchev–Trinajstić information content (AvgIpc) is 2.92. The number of allylic oxidation sites excluding steroid dienone is 2. The molecule has 0 spiro atoms. The molecule has 1 N–H and O–H groups in total. The monoisotopic (exact) mass is 619 g/mol. The van der Waals surface area contributed by atoms with Gasteiger partial charge in [0.25, 0.3) is 0 Å². The van der Waals surface area contributed by atoms with Crippen LogP contribution in [0.15, 0.2) is 11.6 Å². The SMILES string of the molecule is CC1(C)[C@@H](O)CC[C@]2(C)[C@H]3C(=O)C=C4[C@@H]5C[C@@](C)(C(=O)N6CCC(C(=O)[O-])CC6)CC[C@]5(C)CC[C@@]4(C)[C@]3(C)CC[C@@H]12.[K+]. The van der Waals surface area contributed by atoms with E-state index in [1.165, 1.54) is 5.57 Å². The largest absolute Gasteiger partial charge is 1.00 e. The van der Waals surface area contributed by atoms with E-state index in [0.29, 0.717) is 31.8 Å². The molecule has 7 heteroatoms. The third kappa shape index (κ3) is 4.81. The third-order valence-electron chi connectivity index (χ3n) is 15.2. The van der Waals surface area contributed by atoms with Crippen molar-refractivity contribution in [3.63, 3.8) is 0 Å². The molecule has 234 valence electrons. The Bertz CT molecular complexity index is 1220. The van der Waals surface area contributed by atoms with E-state index in [1.807, 2.05) is 4.90 Å². The quantitative estimate of drug-likeness (QED) is 0.479. The van der Waals surface area contributed by atoms with Gasteiger partial charge in [0.1, 0.15) is 0 Å². The molecular formula is C36H54KNO5. The Balaban J connectivity index is 0.00000368. The first kappa shape index (κ1) is 34.3. The number of piperidine rings is 1. The molecule has 0 bridgehead atoms. The topological polar surface area (TPSA) is 97.7 Å². The minimum absolute atomic E-state index is 0. The summed E-state index contributed by atoms with van der Waals surface area (Å²) in [6.45, 7) is 17.1. The zero-order valence-corrected chi connectivity index (χ0v) is 31.3. The number of likely N-dealkylation sites (tertiary alicyclic amines) is 1. The summed E-state index contributed by atoms with van der Waals surface area (Å²) in [5.41, 5.74) is 0.299. The van der Waals surface area contributed by atoms with Gasteiger partial charge in [-0.1, -0.05) is 54.0 Å². The maximum Gasteiger partial charge on any atom is 1.00 e. The fraction of sp³-hybridized carbons (Fsp3) is 0.861. The summed E-state index contributed by atoms with van der Waals surface area (Å²) in [6, 6.07) is 0. The van der Waals surface area contributed by atoms with Crippen molar-refractivity contribution in [2.45, 2.75) is 125 Å². The van der Waals surface area contributed by atoms with E-state index in [-0.39, 0.29) is 108 Å². The van der Waals surface area contributed by atoms with Crippen molar-refractivity contribution in [3.05, 3.63) is 11.6 Å². The first-order valence-corrected chi connectivity index (χ1v) is 16.9. The van der Waals surface area contributed by atoms with Crippen LogP contribution in [0.2, 0.25) is 0 Å². The van der Waals surface area contributed by atoms with E-state index < -0.39 is 17.3 Å². The number of rotatable bonds is 2. The number of aliphatic carboxylic acids is 1. The standard InChI is InChI=1S/C36H55NO5.K/c1-31(2)26-8-13-36(7)28(34(26,5)12-9-27(31)39)25(38)20-23-24-21-33(4,15-14-32(24,3)16-17-35(23,36)6)30(42)37-18-10-22(11-19-37)29(40)41;/h20,22,24,26-28,39H,8-19,21H2,1-7H3,(H,40,41);/q;+1/p-1/t24-,26-,27-,28+,32+,33-,34-,35+,36+;/m0./s1. The Morgan fingerprint density at radius 1 is 0.884 bits per heavy atom. The number of carboxylic acids is 1. The van der Waals surface area contributed by atoms with Crippen LogP contribution in [0.3, 0.4) is 0 Å². The molecular weight excluding hydrogens is 565 g/mol. The summed E-state index contributed by atoms with van der Waals surface area (Å²) >= 11 is 0. The number of fused-ring (bicyclic) bond motifs is 7. The van der Waals surface area contributed by atoms with Gasteiger partial charge in [0.2, 0.25) is 5.91 Å². The van der Waals surface area contributed by atoms with Crippen molar-refractivity contribution in [2.75, 3.05) is 13.1 Å². The van der Waals surface area contributed by atoms with Gasteiger partial charge in [0.15, 0.2) is 5.78 Å². The zero-order chi connectivity index (χ0) is 30.7. The number of hydrogen-bond donors (Lipinski definition) is 1. The third-order valence-corrected chi connectivity index (χ3v) is 15.2. The number of carbonyl (C=O) groups excluding carboxylic acids is 3. The molecule has 0 aromatic rings. The van der Waals surface area contributed by atoms with Gasteiger partial charge in [-0.15, -0.1) is 0 Å². The van der Waals surface area contributed by atoms with Crippen LogP contribution in [0.4, 0.5) is 0 Å². The Morgan fingerprint density at radius 2 is 1.51 bits per heavy atom. The average molecular weight is 620 g/mol. The second-order valence-electron chi connectivity index (χ2n) is 17.5. The number of carboxylic acid groups (broad SMARTS) is 1. The van der Waals surface area contributed by atoms with E-state index in [9.17, 15) is 24.6 Å². The van der Waals surface area contributed by atoms with Gasteiger partial charge in [0.05, 0.1) is 6.10 Å². The van der Waals surface area contributed by atoms with Crippen molar-refractivity contribution < 1.29 is 76.0 Å². The van der Waals surface area contributed by atoms with Gasteiger partial charge in [-0.2, -0.15) is 0 Å². The molecule has 0 aromatic heterocycles. The van der Waals surface area contributed by atoms with E-state index in [4.69, 9.17) is 0 Å². The van der Waals surface area contributed by atoms with E-state index in [1.54, 1.807) is 0 Å². The van der Waals surface area contributed by atoms with Crippen LogP contribution >= 0.6 is 0 Å². The first-order chi connectivity index (χ1) is 19.4. The molecule has 1 saturated heterocycles. The smallest absolute Gasteiger partial charge is 0.550 e. The molecule has 5 aliphatic carbocycles. The molecule has 1 heterocycles. The van der Waals surface area contributed by atoms with Crippen molar-refractivity contribution in [1.82, 2.24) is 4.90 Å². The second-order valence-corrected chi connectivity index (χ2v) is 17.5. The summed E-state index contributed by atoms with van der Waals surface area (Å²) in [7, 11) is 0. The molecule has 6 rings (SSSR count). The molecule has 6 nitrogen and oxygen atoms in total. The van der Waals surface area contributed by atoms with Crippen LogP contribution in [0.1, 0.15) is 119 Å². The summed E-state index contributed by atoms with van der Waals surface area (Å²) in [4.78, 5) is 41.9. The van der Waals surface area contributed by atoms with Crippen molar-refractivity contribution >= 4 is 17.7 Å². The van der Waals surface area contributed by atoms with E-state index in [0.717, 1.165) is 57.8 Å². The van der Waals surface area contributed by atoms with Gasteiger partial charge >= 0.3 is 51.4 Å². The molecule has 0 radical (unpaired) electrons. The summed E-state index contributed by atoms with van der Waals surface area (Å²) in [5.74, 6) is -0.544. The molecule has 1 amide bonds. The summed E-state index contributed by atoms with van der Waals surface area (Å²) in [6.07, 6.45) is 11.2. The van der Waals surface area contributed by atoms with Crippen molar-refractivity contribution in [2.24, 2.45) is 56.2 Å². The number of aliphatic hydroxyl groups is 1. The van der Waals surface area contributed by atoms with Crippen LogP contribution in [0.5, 0.6) is 0 Å². The molecule has 4 saturated carbocycles. The summed E-state index contributed by atoms with van der Waals surface area (Å²) < 4.78 is 0. The molecule has 9 atom stereocenters. The second kappa shape index (κ2) is 11.0. The summed E-state index contributed by atoms with van der Waals surface area (Å²) in [5, 5.41) is 22.4. The van der Waals surface area contributed by atoms with Crippen LogP contribution in [-0.2, 0) is 14.4 Å². The fourth-order valence-electron chi connectivity index (χ4n) is 12.1. The number of aliphatic hydroxyl groups excluding tert-OH is 1. The van der Waals surface area contributed by atoms with Crippen LogP contribution in [0, 0.1) is 56.2 Å². The molecule has 0 aromatic carbocycles. The number of ketones is 1. The van der Waals surface area contributed by atoms with Gasteiger partial charge < -0.3 is 19.9 Å². The van der Waals surface area contributed by atoms with Crippen molar-refractivity contribution in [3.8, 4) is 0 Å². The predicted molar refractivity (Wildman–Crippen MR) is 160 cm³/mol. The van der Waals surface area contributed by atoms with Crippen LogP contribution < -0.4 is 56.5 Å². The van der Waals surface area contributed by atoms with Crippen LogP contribution in [-0.4, -0.2) is 46.9 Å². The normalized spacial score (nSPS) is 47.6. The molecule has 0 unspecified atom stereocenters. The minimum atomic E-state index is -1.00. The predicted octanol–water partition coefficient (Wildman–Crippen LogP) is 2.32. The fourth-order valence-corrected chi connectivity index (χ4v) is 12.1. The number of amides is 1. The number of nitrogens with zero attached hydrogens (tertiary/aromatic N) is 1. The Kier molecular flexibility index (Phi) is 8.77. The zero-order valence-electron chi connectivity index (χ0n) is 28.2. The maximum atomic E-state index is 14.5. The first-order valence-electron chi connectivity index (χ1n) is 16.9.